The number of hydrogen-bond donors (Lipinski definition) is 1. The molecule has 27 heavy (non-hydrogen) atoms. The summed E-state index contributed by atoms with van der Waals surface area (Å²) < 4.78 is 6.13. The number of hydrogen-bond acceptors (Lipinski definition) is 7. The second-order valence-corrected chi connectivity index (χ2v) is 8.06. The van der Waals surface area contributed by atoms with Crippen LogP contribution in [-0.2, 0) is 16.2 Å². The van der Waals surface area contributed by atoms with Gasteiger partial charge in [-0.25, -0.2) is 4.98 Å². The van der Waals surface area contributed by atoms with Crippen LogP contribution in [0.5, 0.6) is 5.75 Å². The fourth-order valence-corrected chi connectivity index (χ4v) is 4.21. The van der Waals surface area contributed by atoms with E-state index >= 15 is 0 Å². The summed E-state index contributed by atoms with van der Waals surface area (Å²) in [5, 5.41) is 10.7. The van der Waals surface area contributed by atoms with Gasteiger partial charge in [0.15, 0.2) is 0 Å². The first-order valence-electron chi connectivity index (χ1n) is 8.10. The minimum atomic E-state index is -0.881. The Morgan fingerprint density at radius 3 is 2.78 bits per heavy atom. The van der Waals surface area contributed by atoms with E-state index in [1.54, 1.807) is 11.6 Å². The summed E-state index contributed by atoms with van der Waals surface area (Å²) >= 11 is 8.00. The highest BCUT2D eigenvalue weighted by molar-refractivity contribution is 8.26. The Morgan fingerprint density at radius 1 is 1.33 bits per heavy atom. The highest BCUT2D eigenvalue weighted by atomic mass is 32.2. The van der Waals surface area contributed by atoms with Crippen LogP contribution >= 0.6 is 35.3 Å². The molecule has 0 radical (unpaired) electrons. The lowest BCUT2D eigenvalue weighted by Gasteiger charge is -2.13. The molecule has 1 N–H and O–H groups in total. The molecule has 0 bridgehead atoms. The van der Waals surface area contributed by atoms with Crippen molar-refractivity contribution in [3.05, 3.63) is 51.3 Å². The molecule has 1 amide bonds. The van der Waals surface area contributed by atoms with Gasteiger partial charge in [-0.3, -0.25) is 14.5 Å². The molecule has 1 saturated heterocycles. The molecular weight excluding hydrogens is 404 g/mol. The largest absolute Gasteiger partial charge is 0.487 e. The van der Waals surface area contributed by atoms with Gasteiger partial charge in [0, 0.05) is 18.3 Å². The minimum absolute atomic E-state index is 0.0124. The molecule has 2 aromatic rings. The Bertz CT molecular complexity index is 863. The van der Waals surface area contributed by atoms with Crippen molar-refractivity contribution in [3.63, 3.8) is 0 Å². The van der Waals surface area contributed by atoms with Crippen LogP contribution in [0.4, 0.5) is 0 Å². The highest BCUT2D eigenvalue weighted by Gasteiger charge is 2.31. The second kappa shape index (κ2) is 9.12. The van der Waals surface area contributed by atoms with Gasteiger partial charge in [0.25, 0.3) is 5.91 Å². The van der Waals surface area contributed by atoms with Crippen LogP contribution in [0.15, 0.2) is 40.1 Å². The van der Waals surface area contributed by atoms with Crippen molar-refractivity contribution in [2.24, 2.45) is 0 Å². The molecule has 0 unspecified atom stereocenters. The average molecular weight is 421 g/mol. The van der Waals surface area contributed by atoms with Crippen molar-refractivity contribution < 1.29 is 19.4 Å². The first-order valence-corrected chi connectivity index (χ1v) is 10.3. The number of nitrogens with zero attached hydrogens (tertiary/aromatic N) is 2. The summed E-state index contributed by atoms with van der Waals surface area (Å²) in [5.74, 6) is -0.339. The molecule has 1 aromatic heterocycles. The van der Waals surface area contributed by atoms with E-state index in [2.05, 4.69) is 4.98 Å². The molecule has 140 valence electrons. The van der Waals surface area contributed by atoms with Crippen molar-refractivity contribution in [3.8, 4) is 5.75 Å². The maximum absolute atomic E-state index is 12.5. The van der Waals surface area contributed by atoms with Crippen LogP contribution in [0, 0.1) is 0 Å². The lowest BCUT2D eigenvalue weighted by molar-refractivity contribution is -0.137. The van der Waals surface area contributed by atoms with E-state index in [4.69, 9.17) is 22.1 Å². The number of thiazole rings is 1. The van der Waals surface area contributed by atoms with Crippen molar-refractivity contribution >= 4 is 57.6 Å². The third-order valence-electron chi connectivity index (χ3n) is 3.69. The van der Waals surface area contributed by atoms with Gasteiger partial charge in [0.1, 0.15) is 16.7 Å². The highest BCUT2D eigenvalue weighted by Crippen LogP contribution is 2.33. The minimum Gasteiger partial charge on any atom is -0.487 e. The number of carboxylic acids is 1. The van der Waals surface area contributed by atoms with Crippen molar-refractivity contribution in [1.82, 2.24) is 9.88 Å². The molecule has 0 saturated carbocycles. The monoisotopic (exact) mass is 420 g/mol. The zero-order chi connectivity index (χ0) is 19.2. The van der Waals surface area contributed by atoms with Crippen LogP contribution in [-0.4, -0.2) is 37.7 Å². The van der Waals surface area contributed by atoms with Gasteiger partial charge in [-0.1, -0.05) is 36.1 Å². The average Bonchev–Trinajstić information content (AvgIpc) is 3.25. The predicted molar refractivity (Wildman–Crippen MR) is 110 cm³/mol. The summed E-state index contributed by atoms with van der Waals surface area (Å²) in [6.07, 6.45) is 2.17. The predicted octanol–water partition coefficient (Wildman–Crippen LogP) is 3.79. The summed E-state index contributed by atoms with van der Waals surface area (Å²) in [6.45, 7) is 0.732. The second-order valence-electron chi connectivity index (χ2n) is 5.67. The number of aliphatic carboxylic acids is 1. The van der Waals surface area contributed by atoms with E-state index in [-0.39, 0.29) is 12.3 Å². The quantitative estimate of drug-likeness (QED) is 0.514. The standard InChI is InChI=1S/C18H16N2O4S3/c21-16(22)2-1-7-20-17(23)15(27-18(20)25)8-12-3-5-14(6-4-12)24-9-13-10-26-11-19-13/h3-6,8,10-11H,1-2,7,9H2,(H,21,22)/b15-8+. The molecule has 3 rings (SSSR count). The van der Waals surface area contributed by atoms with Gasteiger partial charge in [-0.15, -0.1) is 11.3 Å². The molecule has 9 heteroatoms. The number of benzene rings is 1. The normalized spacial score (nSPS) is 15.6. The number of carbonyl (C=O) groups excluding carboxylic acids is 1. The maximum Gasteiger partial charge on any atom is 0.303 e. The molecule has 2 heterocycles. The first kappa shape index (κ1) is 19.5. The summed E-state index contributed by atoms with van der Waals surface area (Å²) in [6, 6.07) is 7.42. The number of ether oxygens (including phenoxy) is 1. The fraction of sp³-hybridized carbons (Fsp3) is 0.222. The van der Waals surface area contributed by atoms with Crippen molar-refractivity contribution in [2.75, 3.05) is 6.54 Å². The molecule has 1 aliphatic heterocycles. The Balaban J connectivity index is 1.59. The zero-order valence-corrected chi connectivity index (χ0v) is 16.6. The van der Waals surface area contributed by atoms with Crippen LogP contribution < -0.4 is 4.74 Å². The van der Waals surface area contributed by atoms with E-state index < -0.39 is 5.97 Å². The molecule has 1 aliphatic rings. The lowest BCUT2D eigenvalue weighted by atomic mass is 10.2. The van der Waals surface area contributed by atoms with Gasteiger partial charge < -0.3 is 9.84 Å². The van der Waals surface area contributed by atoms with Gasteiger partial charge in [-0.05, 0) is 30.2 Å². The van der Waals surface area contributed by atoms with Gasteiger partial charge in [-0.2, -0.15) is 0 Å². The number of aromatic nitrogens is 1. The van der Waals surface area contributed by atoms with Crippen LogP contribution in [0.25, 0.3) is 6.08 Å². The summed E-state index contributed by atoms with van der Waals surface area (Å²) in [7, 11) is 0. The topological polar surface area (TPSA) is 79.7 Å². The number of thioether (sulfide) groups is 1. The SMILES string of the molecule is O=C(O)CCCN1C(=O)/C(=C\c2ccc(OCc3cscn3)cc2)SC1=S. The molecule has 0 spiro atoms. The van der Waals surface area contributed by atoms with E-state index in [0.29, 0.717) is 28.8 Å². The first-order chi connectivity index (χ1) is 13.0. The van der Waals surface area contributed by atoms with Crippen LogP contribution in [0.3, 0.4) is 0 Å². The Kier molecular flexibility index (Phi) is 6.59. The fourth-order valence-electron chi connectivity index (χ4n) is 2.36. The summed E-state index contributed by atoms with van der Waals surface area (Å²) in [5.41, 5.74) is 3.51. The molecule has 1 fully saturated rings. The Labute approximate surface area is 169 Å². The zero-order valence-electron chi connectivity index (χ0n) is 14.2. The number of carboxylic acid groups (broad SMARTS) is 1. The van der Waals surface area contributed by atoms with Gasteiger partial charge >= 0.3 is 5.97 Å². The van der Waals surface area contributed by atoms with Crippen LogP contribution in [0.2, 0.25) is 0 Å². The van der Waals surface area contributed by atoms with Gasteiger partial charge in [0.2, 0.25) is 0 Å². The van der Waals surface area contributed by atoms with E-state index in [9.17, 15) is 9.59 Å². The third-order valence-corrected chi connectivity index (χ3v) is 5.71. The molecule has 0 aliphatic carbocycles. The van der Waals surface area contributed by atoms with Gasteiger partial charge in [0.05, 0.1) is 16.1 Å². The van der Waals surface area contributed by atoms with Crippen molar-refractivity contribution in [1.29, 1.82) is 0 Å². The number of thiocarbonyl (C=S) groups is 1. The third kappa shape index (κ3) is 5.38. The van der Waals surface area contributed by atoms with E-state index in [0.717, 1.165) is 17.0 Å². The van der Waals surface area contributed by atoms with E-state index in [1.165, 1.54) is 28.0 Å². The van der Waals surface area contributed by atoms with Crippen molar-refractivity contribution in [2.45, 2.75) is 19.4 Å². The number of rotatable bonds is 8. The maximum atomic E-state index is 12.5. The number of amides is 1. The summed E-state index contributed by atoms with van der Waals surface area (Å²) in [4.78, 5) is 29.2. The van der Waals surface area contributed by atoms with Crippen LogP contribution in [0.1, 0.15) is 24.1 Å². The Morgan fingerprint density at radius 2 is 2.11 bits per heavy atom. The molecular formula is C18H16N2O4S3. The molecule has 6 nitrogen and oxygen atoms in total. The number of carbonyl (C=O) groups is 2. The Hall–Kier alpha value is -2.23. The molecule has 1 aromatic carbocycles. The smallest absolute Gasteiger partial charge is 0.303 e. The molecule has 0 atom stereocenters. The lowest BCUT2D eigenvalue weighted by Crippen LogP contribution is -2.29. The van der Waals surface area contributed by atoms with E-state index in [1.807, 2.05) is 29.6 Å².